The largest absolute Gasteiger partial charge is 0.308 e. The van der Waals surface area contributed by atoms with E-state index in [2.05, 4.69) is 64.2 Å². The van der Waals surface area contributed by atoms with Crippen molar-refractivity contribution >= 4 is 11.8 Å². The van der Waals surface area contributed by atoms with Crippen molar-refractivity contribution in [3.05, 3.63) is 29.8 Å². The quantitative estimate of drug-likeness (QED) is 0.697. The molecular formula is C17H29NS. The number of benzene rings is 1. The zero-order chi connectivity index (χ0) is 14.3. The molecule has 1 aromatic carbocycles. The molecule has 1 unspecified atom stereocenters. The lowest BCUT2D eigenvalue weighted by molar-refractivity contribution is 0.424. The van der Waals surface area contributed by atoms with Crippen LogP contribution >= 0.6 is 11.8 Å². The van der Waals surface area contributed by atoms with Crippen molar-refractivity contribution in [1.82, 2.24) is 5.32 Å². The van der Waals surface area contributed by atoms with E-state index in [1.807, 2.05) is 11.8 Å². The van der Waals surface area contributed by atoms with E-state index in [4.69, 9.17) is 0 Å². The lowest BCUT2D eigenvalue weighted by atomic mass is 10.1. The van der Waals surface area contributed by atoms with Crippen LogP contribution in [0.1, 0.15) is 53.0 Å². The van der Waals surface area contributed by atoms with E-state index in [1.54, 1.807) is 0 Å². The van der Waals surface area contributed by atoms with Gasteiger partial charge in [-0.3, -0.25) is 0 Å². The van der Waals surface area contributed by atoms with Gasteiger partial charge in [-0.25, -0.2) is 0 Å². The Morgan fingerprint density at radius 3 is 2.63 bits per heavy atom. The van der Waals surface area contributed by atoms with E-state index in [0.717, 1.165) is 12.5 Å². The molecule has 0 spiro atoms. The molecule has 0 radical (unpaired) electrons. The first-order valence-electron chi connectivity index (χ1n) is 7.37. The zero-order valence-corrected chi connectivity index (χ0v) is 13.9. The van der Waals surface area contributed by atoms with Gasteiger partial charge in [0.2, 0.25) is 0 Å². The van der Waals surface area contributed by atoms with Crippen molar-refractivity contribution in [2.75, 3.05) is 5.75 Å². The maximum atomic E-state index is 3.54. The van der Waals surface area contributed by atoms with E-state index in [1.165, 1.54) is 29.1 Å². The van der Waals surface area contributed by atoms with Crippen LogP contribution in [-0.4, -0.2) is 11.3 Å². The number of rotatable bonds is 7. The number of hydrogen-bond donors (Lipinski definition) is 1. The third-order valence-corrected chi connectivity index (χ3v) is 4.36. The summed E-state index contributed by atoms with van der Waals surface area (Å²) in [6.45, 7) is 12.2. The highest BCUT2D eigenvalue weighted by Gasteiger charge is 2.08. The summed E-state index contributed by atoms with van der Waals surface area (Å²) in [6.07, 6.45) is 2.62. The lowest BCUT2D eigenvalue weighted by Gasteiger charge is -2.20. The minimum Gasteiger partial charge on any atom is -0.308 e. The Morgan fingerprint density at radius 2 is 2.00 bits per heavy atom. The third kappa shape index (κ3) is 7.64. The number of thioether (sulfide) groups is 1. The van der Waals surface area contributed by atoms with Crippen LogP contribution in [0, 0.1) is 5.92 Å². The molecule has 0 saturated carbocycles. The lowest BCUT2D eigenvalue weighted by Crippen LogP contribution is -2.35. The maximum Gasteiger partial charge on any atom is 0.0210 e. The van der Waals surface area contributed by atoms with Crippen LogP contribution in [0.2, 0.25) is 0 Å². The molecule has 1 nitrogen and oxygen atoms in total. The Kier molecular flexibility index (Phi) is 6.95. The van der Waals surface area contributed by atoms with Crippen molar-refractivity contribution < 1.29 is 0 Å². The summed E-state index contributed by atoms with van der Waals surface area (Å²) < 4.78 is 0. The van der Waals surface area contributed by atoms with Crippen LogP contribution < -0.4 is 5.32 Å². The standard InChI is InChI=1S/C17H29NS/c1-6-8-14(2)13-19-16-10-7-9-15(11-16)12-18-17(3,4)5/h7,9-11,14,18H,6,8,12-13H2,1-5H3. The fraction of sp³-hybridized carbons (Fsp3) is 0.647. The summed E-state index contributed by atoms with van der Waals surface area (Å²) >= 11 is 1.99. The summed E-state index contributed by atoms with van der Waals surface area (Å²) in [4.78, 5) is 1.40. The van der Waals surface area contributed by atoms with Gasteiger partial charge in [0.1, 0.15) is 0 Å². The number of hydrogen-bond acceptors (Lipinski definition) is 2. The van der Waals surface area contributed by atoms with Crippen LogP contribution in [0.4, 0.5) is 0 Å². The first kappa shape index (κ1) is 16.6. The highest BCUT2D eigenvalue weighted by molar-refractivity contribution is 7.99. The van der Waals surface area contributed by atoms with Gasteiger partial charge < -0.3 is 5.32 Å². The van der Waals surface area contributed by atoms with Crippen molar-refractivity contribution in [2.45, 2.75) is 64.4 Å². The minimum atomic E-state index is 0.179. The SMILES string of the molecule is CCCC(C)CSc1cccc(CNC(C)(C)C)c1. The predicted octanol–water partition coefficient (Wildman–Crippen LogP) is 5.10. The second-order valence-corrected chi connectivity index (χ2v) is 7.55. The highest BCUT2D eigenvalue weighted by atomic mass is 32.2. The molecule has 0 aromatic heterocycles. The average molecular weight is 279 g/mol. The molecule has 0 bridgehead atoms. The van der Waals surface area contributed by atoms with Crippen molar-refractivity contribution in [1.29, 1.82) is 0 Å². The van der Waals surface area contributed by atoms with Gasteiger partial charge in [0.25, 0.3) is 0 Å². The Labute approximate surface area is 123 Å². The molecule has 2 heteroatoms. The number of nitrogens with one attached hydrogen (secondary N) is 1. The molecule has 0 fully saturated rings. The molecule has 108 valence electrons. The normalized spacial score (nSPS) is 13.5. The molecular weight excluding hydrogens is 250 g/mol. The molecule has 19 heavy (non-hydrogen) atoms. The van der Waals surface area contributed by atoms with E-state index in [-0.39, 0.29) is 5.54 Å². The molecule has 1 atom stereocenters. The van der Waals surface area contributed by atoms with Crippen molar-refractivity contribution in [3.8, 4) is 0 Å². The Balaban J connectivity index is 2.48. The molecule has 1 N–H and O–H groups in total. The molecule has 0 amide bonds. The fourth-order valence-corrected chi connectivity index (χ4v) is 2.98. The monoisotopic (exact) mass is 279 g/mol. The van der Waals surface area contributed by atoms with Crippen molar-refractivity contribution in [2.24, 2.45) is 5.92 Å². The van der Waals surface area contributed by atoms with E-state index < -0.39 is 0 Å². The first-order valence-corrected chi connectivity index (χ1v) is 8.36. The van der Waals surface area contributed by atoms with Crippen LogP contribution in [0.15, 0.2) is 29.2 Å². The summed E-state index contributed by atoms with van der Waals surface area (Å²) in [5.74, 6) is 2.04. The van der Waals surface area contributed by atoms with Gasteiger partial charge in [-0.05, 0) is 44.4 Å². The molecule has 1 aromatic rings. The minimum absolute atomic E-state index is 0.179. The second kappa shape index (κ2) is 7.96. The zero-order valence-electron chi connectivity index (χ0n) is 13.1. The van der Waals surface area contributed by atoms with Gasteiger partial charge in [0.05, 0.1) is 0 Å². The van der Waals surface area contributed by atoms with E-state index >= 15 is 0 Å². The Hall–Kier alpha value is -0.470. The van der Waals surface area contributed by atoms with E-state index in [0.29, 0.717) is 0 Å². The third-order valence-electron chi connectivity index (χ3n) is 3.04. The first-order chi connectivity index (χ1) is 8.90. The smallest absolute Gasteiger partial charge is 0.0210 e. The van der Waals surface area contributed by atoms with Gasteiger partial charge in [0.15, 0.2) is 0 Å². The molecule has 0 aliphatic carbocycles. The van der Waals surface area contributed by atoms with Gasteiger partial charge in [-0.2, -0.15) is 0 Å². The van der Waals surface area contributed by atoms with Crippen LogP contribution in [-0.2, 0) is 6.54 Å². The summed E-state index contributed by atoms with van der Waals surface area (Å²) in [7, 11) is 0. The second-order valence-electron chi connectivity index (χ2n) is 6.46. The van der Waals surface area contributed by atoms with Crippen LogP contribution in [0.3, 0.4) is 0 Å². The highest BCUT2D eigenvalue weighted by Crippen LogP contribution is 2.23. The summed E-state index contributed by atoms with van der Waals surface area (Å²) in [5.41, 5.74) is 1.56. The molecule has 0 heterocycles. The summed E-state index contributed by atoms with van der Waals surface area (Å²) in [6, 6.07) is 8.93. The van der Waals surface area contributed by atoms with Crippen molar-refractivity contribution in [3.63, 3.8) is 0 Å². The van der Waals surface area contributed by atoms with Gasteiger partial charge in [-0.15, -0.1) is 11.8 Å². The van der Waals surface area contributed by atoms with Gasteiger partial charge in [0, 0.05) is 22.7 Å². The fourth-order valence-electron chi connectivity index (χ4n) is 1.93. The molecule has 0 saturated heterocycles. The predicted molar refractivity (Wildman–Crippen MR) is 87.8 cm³/mol. The Bertz CT molecular complexity index is 368. The summed E-state index contributed by atoms with van der Waals surface area (Å²) in [5, 5.41) is 3.54. The average Bonchev–Trinajstić information content (AvgIpc) is 2.34. The topological polar surface area (TPSA) is 12.0 Å². The molecule has 0 aliphatic rings. The molecule has 1 rings (SSSR count). The van der Waals surface area contributed by atoms with E-state index in [9.17, 15) is 0 Å². The maximum absolute atomic E-state index is 3.54. The van der Waals surface area contributed by atoms with Gasteiger partial charge in [-0.1, -0.05) is 38.8 Å². The van der Waals surface area contributed by atoms with Gasteiger partial charge >= 0.3 is 0 Å². The Morgan fingerprint density at radius 1 is 1.26 bits per heavy atom. The van der Waals surface area contributed by atoms with Crippen LogP contribution in [0.25, 0.3) is 0 Å². The molecule has 0 aliphatic heterocycles. The van der Waals surface area contributed by atoms with Crippen LogP contribution in [0.5, 0.6) is 0 Å².